The standard InChI is InChI=1S/C25H27Cl2N5O6S2/c26-16-3-8-22(19(27)11-16)40(37,38)31-13-20(29-39(35,36)18-6-7-18)24(33)32-21(10-15-2-1-9-28-12-15)25(34)30(14-23(31)32)17-4-5-17/h1-3,8-9,11-12,17-18,20-21,23,29H,4-7,10,13-14H2. The third kappa shape index (κ3) is 5.12. The molecule has 11 nitrogen and oxygen atoms in total. The van der Waals surface area contributed by atoms with Crippen LogP contribution in [0.25, 0.3) is 0 Å². The first-order valence-corrected chi connectivity index (χ1v) is 16.7. The number of aromatic nitrogens is 1. The molecule has 4 aliphatic rings. The van der Waals surface area contributed by atoms with E-state index >= 15 is 0 Å². The molecule has 0 radical (unpaired) electrons. The third-order valence-corrected chi connectivity index (χ3v) is 12.3. The number of fused-ring (bicyclic) bond motifs is 1. The molecule has 214 valence electrons. The number of benzene rings is 1. The highest BCUT2D eigenvalue weighted by Gasteiger charge is 2.56. The number of halogens is 2. The van der Waals surface area contributed by atoms with Crippen LogP contribution in [-0.2, 0) is 36.1 Å². The molecule has 3 unspecified atom stereocenters. The Bertz CT molecular complexity index is 1570. The number of hydrogen-bond acceptors (Lipinski definition) is 7. The Morgan fingerprint density at radius 2 is 1.73 bits per heavy atom. The highest BCUT2D eigenvalue weighted by atomic mass is 35.5. The SMILES string of the molecule is O=C1C(Cc2cccnc2)N2C(=O)C(NS(=O)(=O)C3CC3)CN(S(=O)(=O)c3ccc(Cl)cc3Cl)C2CN1C1CC1. The number of nitrogens with one attached hydrogen (secondary N) is 1. The molecular weight excluding hydrogens is 601 g/mol. The summed E-state index contributed by atoms with van der Waals surface area (Å²) in [6.45, 7) is -0.481. The second kappa shape index (κ2) is 10.2. The van der Waals surface area contributed by atoms with Crippen molar-refractivity contribution in [3.8, 4) is 0 Å². The Kier molecular flexibility index (Phi) is 7.11. The van der Waals surface area contributed by atoms with Crippen LogP contribution in [0.2, 0.25) is 10.0 Å². The molecule has 2 aliphatic carbocycles. The quantitative estimate of drug-likeness (QED) is 0.469. The van der Waals surface area contributed by atoms with Crippen molar-refractivity contribution in [3.63, 3.8) is 0 Å². The molecule has 3 heterocycles. The van der Waals surface area contributed by atoms with Crippen LogP contribution >= 0.6 is 23.2 Å². The number of carbonyl (C=O) groups excluding carboxylic acids is 2. The van der Waals surface area contributed by atoms with Crippen molar-refractivity contribution in [1.82, 2.24) is 23.8 Å². The van der Waals surface area contributed by atoms with Crippen molar-refractivity contribution < 1.29 is 26.4 Å². The third-order valence-electron chi connectivity index (χ3n) is 7.72. The highest BCUT2D eigenvalue weighted by molar-refractivity contribution is 7.90. The van der Waals surface area contributed by atoms with Gasteiger partial charge in [0.05, 0.1) is 16.8 Å². The van der Waals surface area contributed by atoms with Crippen LogP contribution in [0, 0.1) is 0 Å². The van der Waals surface area contributed by atoms with Crippen LogP contribution in [0.5, 0.6) is 0 Å². The van der Waals surface area contributed by atoms with Gasteiger partial charge in [0.1, 0.15) is 23.1 Å². The average Bonchev–Trinajstić information content (AvgIpc) is 3.80. The van der Waals surface area contributed by atoms with E-state index in [9.17, 15) is 26.4 Å². The zero-order valence-electron chi connectivity index (χ0n) is 21.2. The van der Waals surface area contributed by atoms with Gasteiger partial charge in [0.25, 0.3) is 0 Å². The molecule has 1 aromatic heterocycles. The van der Waals surface area contributed by atoms with Crippen molar-refractivity contribution in [2.24, 2.45) is 0 Å². The minimum Gasteiger partial charge on any atom is -0.334 e. The lowest BCUT2D eigenvalue weighted by Gasteiger charge is -2.53. The van der Waals surface area contributed by atoms with Gasteiger partial charge < -0.3 is 9.80 Å². The molecule has 0 spiro atoms. The van der Waals surface area contributed by atoms with Gasteiger partial charge in [0, 0.05) is 36.4 Å². The van der Waals surface area contributed by atoms with E-state index in [1.165, 1.54) is 23.1 Å². The Balaban J connectivity index is 1.45. The Labute approximate surface area is 242 Å². The van der Waals surface area contributed by atoms with E-state index in [0.29, 0.717) is 18.4 Å². The topological polar surface area (TPSA) is 137 Å². The van der Waals surface area contributed by atoms with Gasteiger partial charge in [-0.15, -0.1) is 0 Å². The number of hydrogen-bond donors (Lipinski definition) is 1. The van der Waals surface area contributed by atoms with Crippen LogP contribution in [-0.4, -0.2) is 90.4 Å². The second-order valence-corrected chi connectivity index (χ2v) is 15.3. The van der Waals surface area contributed by atoms with Crippen molar-refractivity contribution in [2.45, 2.75) is 66.5 Å². The van der Waals surface area contributed by atoms with Gasteiger partial charge in [-0.1, -0.05) is 29.3 Å². The van der Waals surface area contributed by atoms with Crippen LogP contribution in [0.1, 0.15) is 31.2 Å². The van der Waals surface area contributed by atoms with E-state index in [4.69, 9.17) is 23.2 Å². The second-order valence-electron chi connectivity index (χ2n) is 10.6. The number of piperazine rings is 1. The largest absolute Gasteiger partial charge is 0.334 e. The van der Waals surface area contributed by atoms with Gasteiger partial charge in [-0.3, -0.25) is 14.6 Å². The van der Waals surface area contributed by atoms with Gasteiger partial charge in [-0.25, -0.2) is 21.6 Å². The minimum absolute atomic E-state index is 0.0364. The monoisotopic (exact) mass is 627 g/mol. The van der Waals surface area contributed by atoms with E-state index in [-0.39, 0.29) is 39.9 Å². The molecular formula is C25H27Cl2N5O6S2. The minimum atomic E-state index is -4.38. The Morgan fingerprint density at radius 3 is 2.35 bits per heavy atom. The number of pyridine rings is 1. The summed E-state index contributed by atoms with van der Waals surface area (Å²) < 4.78 is 57.6. The fourth-order valence-electron chi connectivity index (χ4n) is 5.43. The first-order valence-electron chi connectivity index (χ1n) is 13.0. The van der Waals surface area contributed by atoms with Crippen molar-refractivity contribution in [1.29, 1.82) is 0 Å². The van der Waals surface area contributed by atoms with E-state index in [0.717, 1.165) is 17.1 Å². The summed E-state index contributed by atoms with van der Waals surface area (Å²) in [5.74, 6) is -0.941. The summed E-state index contributed by atoms with van der Waals surface area (Å²) in [5.41, 5.74) is 0.681. The van der Waals surface area contributed by atoms with E-state index < -0.39 is 56.0 Å². The number of sulfonamides is 2. The molecule has 1 N–H and O–H groups in total. The molecule has 6 rings (SSSR count). The number of rotatable bonds is 8. The van der Waals surface area contributed by atoms with Crippen LogP contribution in [0.4, 0.5) is 0 Å². The van der Waals surface area contributed by atoms with E-state index in [1.54, 1.807) is 29.4 Å². The summed E-state index contributed by atoms with van der Waals surface area (Å²) in [6.07, 6.45) is 4.69. The number of carbonyl (C=O) groups is 2. The maximum Gasteiger partial charge on any atom is 0.246 e. The van der Waals surface area contributed by atoms with Crippen molar-refractivity contribution in [3.05, 3.63) is 58.3 Å². The van der Waals surface area contributed by atoms with Crippen molar-refractivity contribution >= 4 is 55.1 Å². The molecule has 1 aromatic carbocycles. The first kappa shape index (κ1) is 27.9. The highest BCUT2D eigenvalue weighted by Crippen LogP contribution is 2.38. The van der Waals surface area contributed by atoms with Gasteiger partial charge in [0.15, 0.2) is 0 Å². The molecule has 15 heteroatoms. The zero-order valence-corrected chi connectivity index (χ0v) is 24.3. The average molecular weight is 629 g/mol. The van der Waals surface area contributed by atoms with Crippen LogP contribution in [0.3, 0.4) is 0 Å². The van der Waals surface area contributed by atoms with Crippen molar-refractivity contribution in [2.75, 3.05) is 13.1 Å². The molecule has 2 aromatic rings. The van der Waals surface area contributed by atoms with E-state index in [1.807, 2.05) is 0 Å². The molecule has 2 aliphatic heterocycles. The molecule has 4 fully saturated rings. The molecule has 2 saturated carbocycles. The molecule has 3 atom stereocenters. The predicted octanol–water partition coefficient (Wildman–Crippen LogP) is 1.61. The smallest absolute Gasteiger partial charge is 0.246 e. The molecule has 0 bridgehead atoms. The fraction of sp³-hybridized carbons (Fsp3) is 0.480. The lowest BCUT2D eigenvalue weighted by molar-refractivity contribution is -0.167. The molecule has 40 heavy (non-hydrogen) atoms. The lowest BCUT2D eigenvalue weighted by Crippen LogP contribution is -2.76. The first-order chi connectivity index (χ1) is 19.0. The fourth-order valence-corrected chi connectivity index (χ4v) is 9.29. The van der Waals surface area contributed by atoms with Gasteiger partial charge in [-0.05, 0) is 55.5 Å². The summed E-state index contributed by atoms with van der Waals surface area (Å²) in [7, 11) is -8.25. The maximum atomic E-state index is 14.1. The number of amides is 2. The van der Waals surface area contributed by atoms with Crippen LogP contribution < -0.4 is 4.72 Å². The Hall–Kier alpha value is -2.29. The molecule has 2 saturated heterocycles. The van der Waals surface area contributed by atoms with Gasteiger partial charge in [0.2, 0.25) is 31.9 Å². The van der Waals surface area contributed by atoms with Gasteiger partial charge >= 0.3 is 0 Å². The summed E-state index contributed by atoms with van der Waals surface area (Å²) >= 11 is 12.3. The van der Waals surface area contributed by atoms with Crippen LogP contribution in [0.15, 0.2) is 47.6 Å². The summed E-state index contributed by atoms with van der Waals surface area (Å²) in [4.78, 5) is 34.6. The zero-order chi connectivity index (χ0) is 28.4. The van der Waals surface area contributed by atoms with Gasteiger partial charge in [-0.2, -0.15) is 4.31 Å². The number of nitrogens with zero attached hydrogens (tertiary/aromatic N) is 4. The normalized spacial score (nSPS) is 26.2. The molecule has 2 amide bonds. The summed E-state index contributed by atoms with van der Waals surface area (Å²) in [6, 6.07) is 4.95. The summed E-state index contributed by atoms with van der Waals surface area (Å²) in [5, 5.41) is -0.494. The Morgan fingerprint density at radius 1 is 0.975 bits per heavy atom. The maximum absolute atomic E-state index is 14.1. The lowest BCUT2D eigenvalue weighted by atomic mass is 9.98. The predicted molar refractivity (Wildman–Crippen MR) is 146 cm³/mol. The van der Waals surface area contributed by atoms with E-state index in [2.05, 4.69) is 9.71 Å².